The Kier molecular flexibility index (Phi) is 54.6. The number of hydrogen-bond donors (Lipinski definition) is 0. The van der Waals surface area contributed by atoms with Gasteiger partial charge in [-0.15, -0.1) is 11.6 Å². The van der Waals surface area contributed by atoms with Crippen LogP contribution in [0.2, 0.25) is 0 Å². The highest BCUT2D eigenvalue weighted by Crippen LogP contribution is 2.47. The highest BCUT2D eigenvalue weighted by atomic mass is 79.9. The van der Waals surface area contributed by atoms with Crippen LogP contribution in [0.3, 0.4) is 0 Å². The topological polar surface area (TPSA) is 164 Å². The highest BCUT2D eigenvalue weighted by Gasteiger charge is 2.76. The number of rotatable bonds is 21. The molecule has 0 spiro atoms. The minimum Gasteiger partial charge on any atom is -0.450 e. The first kappa shape index (κ1) is 99.1. The maximum atomic E-state index is 11.9. The van der Waals surface area contributed by atoms with E-state index in [1.54, 1.807) is 65.8 Å². The molecule has 2 aromatic rings. The van der Waals surface area contributed by atoms with E-state index in [4.69, 9.17) is 114 Å². The standard InChI is InChI=1S/C14H19ClO.C13H17ClO.C7H13ClO.C6H9ClO3.C6H11ClO.C5H8Cl2O.C5H9ClO.C4ClF7O.C3H4BrClO/c1-2-3-4-5-6-7-12-8-10-13(11-9-12)14(15)16;1-2-3-4-5-6-11-7-9-12(10-8-11)13(14)15;1-2-7(8)5-3-4-6-9-7;1-4(8)10-6(2,3)5(7)9;1-6(7)4-2-3-5-8-6;1-5(2,3-6)4(7)8;1-5(2,3)4(6)7;5-1(13)2(6,7)3(8,9)4(10,11)12;1-2(4)3(5)6/h8-11H,2-7H2,1H3;7-10H,2-6H2,1H3;2-6H2,1H3;1-3H3;2-5H2,1H3;3H2,1-2H3;1-3H3;;2H,1H3. The van der Waals surface area contributed by atoms with Crippen molar-refractivity contribution in [2.75, 3.05) is 19.1 Å². The Hall–Kier alpha value is -1.59. The number of esters is 1. The minimum absolute atomic E-state index is 0.209. The summed E-state index contributed by atoms with van der Waals surface area (Å²) in [7, 11) is 0. The van der Waals surface area contributed by atoms with E-state index < -0.39 is 45.5 Å². The molecule has 3 unspecified atom stereocenters. The molecule has 11 nitrogen and oxygen atoms in total. The molecule has 0 saturated carbocycles. The Morgan fingerprint density at radius 1 is 0.565 bits per heavy atom. The van der Waals surface area contributed by atoms with Gasteiger partial charge in [0.15, 0.2) is 5.60 Å². The summed E-state index contributed by atoms with van der Waals surface area (Å²) < 4.78 is 96.2. The van der Waals surface area contributed by atoms with Crippen molar-refractivity contribution in [2.24, 2.45) is 10.8 Å². The van der Waals surface area contributed by atoms with E-state index in [1.807, 2.05) is 31.2 Å². The first-order valence-corrected chi connectivity index (χ1v) is 34.1. The molecule has 29 heteroatoms. The van der Waals surface area contributed by atoms with Crippen LogP contribution in [-0.2, 0) is 55.8 Å². The van der Waals surface area contributed by atoms with Gasteiger partial charge in [0.25, 0.3) is 21.0 Å². The summed E-state index contributed by atoms with van der Waals surface area (Å²) in [5.74, 6) is -12.7. The van der Waals surface area contributed by atoms with Crippen LogP contribution in [0.25, 0.3) is 0 Å². The molecule has 0 radical (unpaired) electrons. The van der Waals surface area contributed by atoms with Gasteiger partial charge in [-0.05, 0) is 215 Å². The number of unbranched alkanes of at least 4 members (excludes halogenated alkanes) is 7. The highest BCUT2D eigenvalue weighted by molar-refractivity contribution is 9.10. The van der Waals surface area contributed by atoms with Gasteiger partial charge >= 0.3 is 24.0 Å². The molecule has 0 N–H and O–H groups in total. The van der Waals surface area contributed by atoms with Gasteiger partial charge in [0.2, 0.25) is 15.7 Å². The number of benzene rings is 2. The molecule has 0 aliphatic carbocycles. The first-order chi connectivity index (χ1) is 41.8. The van der Waals surface area contributed by atoms with E-state index in [1.165, 1.54) is 115 Å². The van der Waals surface area contributed by atoms with Crippen LogP contribution in [0.4, 0.5) is 30.7 Å². The molecule has 0 bridgehead atoms. The molecule has 2 aliphatic rings. The SMILES string of the molecule is CC(=O)OC(C)(C)C(=O)Cl.CC(Br)C(=O)Cl.CC(C)(C)C(=O)Cl.CC(C)(CCl)C(=O)Cl.CC1(Cl)CCCCO1.CCC1(Cl)CCCCO1.CCCCCCCc1ccc(C(=O)Cl)cc1.CCCCCCc1ccc(C(=O)Cl)cc1.O=C(Cl)C(F)(F)C(F)(F)C(F)(F)F. The third-order valence-electron chi connectivity index (χ3n) is 12.1. The van der Waals surface area contributed by atoms with Gasteiger partial charge in [-0.3, -0.25) is 38.4 Å². The monoisotopic (exact) mass is 1580 g/mol. The third-order valence-corrected chi connectivity index (χ3v) is 16.9. The van der Waals surface area contributed by atoms with Gasteiger partial charge in [-0.25, -0.2) is 0 Å². The van der Waals surface area contributed by atoms with E-state index in [9.17, 15) is 69.1 Å². The number of carbonyl (C=O) groups excluding carboxylic acids is 8. The Bertz CT molecular complexity index is 2430. The number of alkyl halides is 11. The predicted octanol–water partition coefficient (Wildman–Crippen LogP) is 22.5. The van der Waals surface area contributed by atoms with E-state index in [-0.39, 0.29) is 52.5 Å². The van der Waals surface area contributed by atoms with E-state index in [0.717, 1.165) is 45.3 Å². The van der Waals surface area contributed by atoms with Gasteiger partial charge in [0.05, 0.1) is 10.2 Å². The summed E-state index contributed by atoms with van der Waals surface area (Å²) in [4.78, 5) is 82.4. The Morgan fingerprint density at radius 3 is 1.10 bits per heavy atom. The summed E-state index contributed by atoms with van der Waals surface area (Å²) in [6, 6.07) is 15.2. The normalized spacial score (nSPS) is 16.5. The third kappa shape index (κ3) is 49.8. The van der Waals surface area contributed by atoms with Gasteiger partial charge < -0.3 is 14.2 Å². The second kappa shape index (κ2) is 50.7. The van der Waals surface area contributed by atoms with Crippen LogP contribution in [0.1, 0.15) is 225 Å². The lowest BCUT2D eigenvalue weighted by atomic mass is 9.99. The quantitative estimate of drug-likeness (QED) is 0.0384. The maximum Gasteiger partial charge on any atom is 0.460 e. The van der Waals surface area contributed by atoms with Crippen molar-refractivity contribution < 1.29 is 83.3 Å². The molecular formula is C63H90BrCl10F7O11. The van der Waals surface area contributed by atoms with Crippen molar-refractivity contribution in [1.29, 1.82) is 0 Å². The second-order valence-electron chi connectivity index (χ2n) is 22.9. The number of aryl methyl sites for hydroxylation is 2. The summed E-state index contributed by atoms with van der Waals surface area (Å²) in [5.41, 5.74) is 1.59. The zero-order chi connectivity index (χ0) is 73.1. The van der Waals surface area contributed by atoms with Gasteiger partial charge in [-0.2, -0.15) is 30.7 Å². The molecule has 0 amide bonds. The zero-order valence-electron chi connectivity index (χ0n) is 54.3. The van der Waals surface area contributed by atoms with Crippen LogP contribution in [0.15, 0.2) is 48.5 Å². The molecule has 2 heterocycles. The van der Waals surface area contributed by atoms with Crippen molar-refractivity contribution in [2.45, 2.75) is 244 Å². The lowest BCUT2D eigenvalue weighted by Gasteiger charge is -2.29. The van der Waals surface area contributed by atoms with Crippen LogP contribution < -0.4 is 0 Å². The zero-order valence-corrected chi connectivity index (χ0v) is 63.5. The van der Waals surface area contributed by atoms with Crippen molar-refractivity contribution in [1.82, 2.24) is 0 Å². The summed E-state index contributed by atoms with van der Waals surface area (Å²) >= 11 is 55.1. The van der Waals surface area contributed by atoms with Crippen molar-refractivity contribution in [3.05, 3.63) is 70.8 Å². The molecule has 534 valence electrons. The van der Waals surface area contributed by atoms with Crippen LogP contribution in [0.5, 0.6) is 0 Å². The number of halogens is 18. The van der Waals surface area contributed by atoms with Crippen molar-refractivity contribution >= 4 is 175 Å². The van der Waals surface area contributed by atoms with Gasteiger partial charge in [0, 0.05) is 42.6 Å². The summed E-state index contributed by atoms with van der Waals surface area (Å²) in [5, 5.41) is -6.18. The van der Waals surface area contributed by atoms with Crippen molar-refractivity contribution in [3.8, 4) is 0 Å². The summed E-state index contributed by atoms with van der Waals surface area (Å²) in [6.45, 7) is 24.6. The Labute approximate surface area is 598 Å². The molecule has 4 rings (SSSR count). The fourth-order valence-electron chi connectivity index (χ4n) is 6.04. The van der Waals surface area contributed by atoms with Crippen molar-refractivity contribution in [3.63, 3.8) is 0 Å². The predicted molar refractivity (Wildman–Crippen MR) is 365 cm³/mol. The molecule has 3 atom stereocenters. The van der Waals surface area contributed by atoms with Gasteiger partial charge in [-0.1, -0.05) is 164 Å². The number of carbonyl (C=O) groups is 8. The average Bonchev–Trinajstić information content (AvgIpc) is 0.778. The molecular weight excluding hydrogens is 1500 g/mol. The fourth-order valence-corrected chi connectivity index (χ4v) is 7.13. The Balaban J connectivity index is -0.000000314. The molecule has 92 heavy (non-hydrogen) atoms. The smallest absolute Gasteiger partial charge is 0.450 e. The molecule has 0 aromatic heterocycles. The van der Waals surface area contributed by atoms with Gasteiger partial charge in [0.1, 0.15) is 10.1 Å². The second-order valence-corrected chi connectivity index (χ2v) is 28.5. The van der Waals surface area contributed by atoms with Crippen LogP contribution >= 0.6 is 132 Å². The number of hydrogen-bond acceptors (Lipinski definition) is 11. The average molecular weight is 1590 g/mol. The van der Waals surface area contributed by atoms with E-state index in [2.05, 4.69) is 53.0 Å². The molecule has 2 fully saturated rings. The maximum absolute atomic E-state index is 11.9. The van der Waals surface area contributed by atoms with E-state index in [0.29, 0.717) is 11.1 Å². The Morgan fingerprint density at radius 2 is 0.924 bits per heavy atom. The summed E-state index contributed by atoms with van der Waals surface area (Å²) in [6.07, 6.45) is 14.9. The molecule has 2 aliphatic heterocycles. The van der Waals surface area contributed by atoms with Crippen LogP contribution in [0, 0.1) is 10.8 Å². The lowest BCUT2D eigenvalue weighted by Crippen LogP contribution is -2.54. The fraction of sp³-hybridized carbons (Fsp3) is 0.683. The molecule has 2 aromatic carbocycles. The lowest BCUT2D eigenvalue weighted by molar-refractivity contribution is -0.341. The largest absolute Gasteiger partial charge is 0.460 e. The van der Waals surface area contributed by atoms with Crippen LogP contribution in [-0.4, -0.2) is 100 Å². The number of ether oxygens (including phenoxy) is 3. The molecule has 2 saturated heterocycles. The first-order valence-electron chi connectivity index (χ1n) is 29.3. The minimum atomic E-state index is -6.53. The van der Waals surface area contributed by atoms with E-state index >= 15 is 0 Å².